The van der Waals surface area contributed by atoms with Gasteiger partial charge in [-0.05, 0) is 25.1 Å². The number of phenols is 3. The van der Waals surface area contributed by atoms with Gasteiger partial charge in [-0.2, -0.15) is 0 Å². The molecule has 3 saturated heterocycles. The summed E-state index contributed by atoms with van der Waals surface area (Å²) in [6.07, 6.45) is -25.2. The van der Waals surface area contributed by atoms with Gasteiger partial charge in [-0.15, -0.1) is 0 Å². The Kier molecular flexibility index (Phi) is 11.5. The van der Waals surface area contributed by atoms with Gasteiger partial charge in [-0.3, -0.25) is 4.79 Å². The lowest BCUT2D eigenvalue weighted by atomic mass is 9.97. The summed E-state index contributed by atoms with van der Waals surface area (Å²) in [5.41, 5.74) is -1.57. The summed E-state index contributed by atoms with van der Waals surface area (Å²) in [5.74, 6) is -3.49. The molecule has 21 heteroatoms. The Balaban J connectivity index is 1.32. The number of hydrogen-bond acceptors (Lipinski definition) is 21. The molecule has 2 aromatic carbocycles. The van der Waals surface area contributed by atoms with Gasteiger partial charge in [0, 0.05) is 17.7 Å². The lowest BCUT2D eigenvalue weighted by molar-refractivity contribution is -0.348. The van der Waals surface area contributed by atoms with Gasteiger partial charge < -0.3 is 99.2 Å². The number of rotatable bonds is 9. The third kappa shape index (κ3) is 7.27. The van der Waals surface area contributed by atoms with E-state index in [2.05, 4.69) is 0 Å². The Hall–Kier alpha value is -3.91. The van der Waals surface area contributed by atoms with Crippen LogP contribution in [-0.2, 0) is 18.9 Å². The molecule has 0 unspecified atom stereocenters. The molecule has 21 nitrogen and oxygen atoms in total. The van der Waals surface area contributed by atoms with Gasteiger partial charge in [0.15, 0.2) is 23.5 Å². The highest BCUT2D eigenvalue weighted by Crippen LogP contribution is 2.40. The number of ether oxygens (including phenoxy) is 6. The van der Waals surface area contributed by atoms with Crippen LogP contribution in [0.4, 0.5) is 0 Å². The fourth-order valence-corrected chi connectivity index (χ4v) is 6.33. The standard InChI is InChI=1S/C33H40O21/c1-9-28(53-33-26(46)23(43)20(40)17(8-35)52-33)24(44)27(47)31(48-9)54-30-21(41)18-14(38)5-11(49-32-25(45)22(42)19(39)16(7-34)51-32)6-15(18)50-29(30)10-2-3-12(36)13(37)4-10/h2-6,9,16-17,19-20,22-28,31-40,42-47H,7-8H2,1H3/t9-,16+,17+,19-,20+,22+,23-,24-,25-,26+,27+,28-,31-,32+,33-/m0/s1. The van der Waals surface area contributed by atoms with Crippen LogP contribution in [-0.4, -0.2) is 172 Å². The quantitative estimate of drug-likeness (QED) is 0.0917. The van der Waals surface area contributed by atoms with E-state index in [1.54, 1.807) is 0 Å². The highest BCUT2D eigenvalue weighted by molar-refractivity contribution is 5.88. The molecule has 0 amide bonds. The van der Waals surface area contributed by atoms with Crippen LogP contribution in [0, 0.1) is 0 Å². The Morgan fingerprint density at radius 2 is 1.20 bits per heavy atom. The van der Waals surface area contributed by atoms with Gasteiger partial charge in [0.05, 0.1) is 19.3 Å². The van der Waals surface area contributed by atoms with E-state index in [4.69, 9.17) is 32.8 Å². The molecular formula is C33H40O21. The van der Waals surface area contributed by atoms with Gasteiger partial charge in [0.25, 0.3) is 0 Å². The van der Waals surface area contributed by atoms with Crippen LogP contribution in [0.25, 0.3) is 22.3 Å². The number of benzene rings is 2. The molecular weight excluding hydrogens is 732 g/mol. The first-order valence-corrected chi connectivity index (χ1v) is 16.5. The van der Waals surface area contributed by atoms with Crippen molar-refractivity contribution in [2.45, 2.75) is 99.0 Å². The number of hydrogen-bond donors (Lipinski definition) is 13. The van der Waals surface area contributed by atoms with Gasteiger partial charge in [0.1, 0.15) is 89.6 Å². The Morgan fingerprint density at radius 3 is 1.81 bits per heavy atom. The number of aliphatic hydroxyl groups is 10. The molecule has 0 radical (unpaired) electrons. The number of fused-ring (bicyclic) bond motifs is 1. The van der Waals surface area contributed by atoms with E-state index in [-0.39, 0.29) is 16.9 Å². The zero-order valence-corrected chi connectivity index (χ0v) is 28.0. The zero-order valence-electron chi connectivity index (χ0n) is 28.0. The average molecular weight is 773 g/mol. The molecule has 0 bridgehead atoms. The van der Waals surface area contributed by atoms with Crippen molar-refractivity contribution in [1.82, 2.24) is 0 Å². The van der Waals surface area contributed by atoms with Gasteiger partial charge in [-0.1, -0.05) is 0 Å². The zero-order chi connectivity index (χ0) is 39.3. The minimum Gasteiger partial charge on any atom is -0.507 e. The second-order valence-corrected chi connectivity index (χ2v) is 13.0. The maximum absolute atomic E-state index is 14.0. The Labute approximate surface area is 303 Å². The second-order valence-electron chi connectivity index (χ2n) is 13.0. The molecule has 6 rings (SSSR count). The van der Waals surface area contributed by atoms with E-state index in [1.807, 2.05) is 0 Å². The summed E-state index contributed by atoms with van der Waals surface area (Å²) in [6.45, 7) is -0.166. The van der Waals surface area contributed by atoms with E-state index < -0.39 is 145 Å². The molecule has 3 aliphatic heterocycles. The van der Waals surface area contributed by atoms with Crippen molar-refractivity contribution in [3.63, 3.8) is 0 Å². The monoisotopic (exact) mass is 772 g/mol. The smallest absolute Gasteiger partial charge is 0.239 e. The fourth-order valence-electron chi connectivity index (χ4n) is 6.33. The topological polar surface area (TPSA) is 349 Å². The highest BCUT2D eigenvalue weighted by Gasteiger charge is 2.51. The van der Waals surface area contributed by atoms with Crippen LogP contribution < -0.4 is 14.9 Å². The first-order valence-electron chi connectivity index (χ1n) is 16.5. The summed E-state index contributed by atoms with van der Waals surface area (Å²) >= 11 is 0. The molecule has 4 heterocycles. The van der Waals surface area contributed by atoms with Crippen molar-refractivity contribution in [2.75, 3.05) is 13.2 Å². The van der Waals surface area contributed by atoms with Crippen molar-refractivity contribution in [2.24, 2.45) is 0 Å². The number of aliphatic hydroxyl groups excluding tert-OH is 10. The van der Waals surface area contributed by atoms with E-state index in [9.17, 15) is 71.2 Å². The first-order chi connectivity index (χ1) is 25.6. The van der Waals surface area contributed by atoms with E-state index in [0.29, 0.717) is 0 Å². The molecule has 1 aromatic heterocycles. The third-order valence-corrected chi connectivity index (χ3v) is 9.40. The van der Waals surface area contributed by atoms with Crippen molar-refractivity contribution in [3.05, 3.63) is 40.6 Å². The van der Waals surface area contributed by atoms with E-state index in [1.165, 1.54) is 13.0 Å². The predicted molar refractivity (Wildman–Crippen MR) is 173 cm³/mol. The maximum Gasteiger partial charge on any atom is 0.239 e. The Bertz CT molecular complexity index is 1850. The van der Waals surface area contributed by atoms with Crippen molar-refractivity contribution >= 4 is 11.0 Å². The van der Waals surface area contributed by atoms with Crippen molar-refractivity contribution < 1.29 is 99.2 Å². The van der Waals surface area contributed by atoms with Crippen LogP contribution in [0.2, 0.25) is 0 Å². The molecule has 15 atom stereocenters. The largest absolute Gasteiger partial charge is 0.507 e. The first kappa shape index (κ1) is 39.8. The Morgan fingerprint density at radius 1 is 0.630 bits per heavy atom. The predicted octanol–water partition coefficient (Wildman–Crippen LogP) is -4.21. The minimum absolute atomic E-state index is 0.0956. The number of phenolic OH excluding ortho intramolecular Hbond substituents is 3. The molecule has 3 aliphatic rings. The summed E-state index contributed by atoms with van der Waals surface area (Å²) in [5, 5.41) is 133. The molecule has 13 N–H and O–H groups in total. The van der Waals surface area contributed by atoms with Gasteiger partial charge in [-0.25, -0.2) is 0 Å². The van der Waals surface area contributed by atoms with Crippen LogP contribution in [0.3, 0.4) is 0 Å². The van der Waals surface area contributed by atoms with Gasteiger partial charge in [0.2, 0.25) is 23.8 Å². The molecule has 3 fully saturated rings. The van der Waals surface area contributed by atoms with E-state index in [0.717, 1.165) is 24.3 Å². The van der Waals surface area contributed by atoms with Crippen LogP contribution in [0.1, 0.15) is 6.92 Å². The van der Waals surface area contributed by atoms with Crippen LogP contribution >= 0.6 is 0 Å². The molecule has 3 aromatic rings. The number of aromatic hydroxyl groups is 3. The normalized spacial score (nSPS) is 37.3. The molecule has 54 heavy (non-hydrogen) atoms. The second kappa shape index (κ2) is 15.7. The summed E-state index contributed by atoms with van der Waals surface area (Å²) in [7, 11) is 0. The SMILES string of the molecule is C[C@@H]1O[C@@H](Oc2c(-c3ccc(O)c(O)c3)oc3cc(O[C@@H]4O[C@H](CO)[C@H](O)[C@@H](O)[C@@H]4O)cc(O)c3c2=O)[C@H](O)[C@H](O)[C@H]1O[C@@H]1O[C@H](CO)[C@@H](O)[C@H](O)[C@H]1O. The maximum atomic E-state index is 14.0. The van der Waals surface area contributed by atoms with Crippen molar-refractivity contribution in [1.29, 1.82) is 0 Å². The van der Waals surface area contributed by atoms with E-state index >= 15 is 0 Å². The van der Waals surface area contributed by atoms with Crippen molar-refractivity contribution in [3.8, 4) is 40.1 Å². The lowest BCUT2D eigenvalue weighted by Gasteiger charge is -2.45. The average Bonchev–Trinajstić information content (AvgIpc) is 3.14. The molecule has 0 aliphatic carbocycles. The molecule has 0 saturated carbocycles. The lowest BCUT2D eigenvalue weighted by Crippen LogP contribution is -2.64. The summed E-state index contributed by atoms with van der Waals surface area (Å²) in [4.78, 5) is 14.0. The highest BCUT2D eigenvalue weighted by atomic mass is 16.7. The third-order valence-electron chi connectivity index (χ3n) is 9.40. The van der Waals surface area contributed by atoms with Crippen LogP contribution in [0.5, 0.6) is 28.7 Å². The summed E-state index contributed by atoms with van der Waals surface area (Å²) < 4.78 is 39.3. The fraction of sp³-hybridized carbons (Fsp3) is 0.545. The van der Waals surface area contributed by atoms with Gasteiger partial charge >= 0.3 is 0 Å². The molecule has 298 valence electrons. The minimum atomic E-state index is -2.02. The summed E-state index contributed by atoms with van der Waals surface area (Å²) in [6, 6.07) is 5.23. The van der Waals surface area contributed by atoms with Crippen LogP contribution in [0.15, 0.2) is 39.5 Å². The molecule has 0 spiro atoms.